The highest BCUT2D eigenvalue weighted by Crippen LogP contribution is 2.30. The van der Waals surface area contributed by atoms with E-state index >= 15 is 0 Å². The fourth-order valence-electron chi connectivity index (χ4n) is 2.04. The molecule has 0 aliphatic heterocycles. The number of anilines is 2. The van der Waals surface area contributed by atoms with Gasteiger partial charge in [0.25, 0.3) is 0 Å². The van der Waals surface area contributed by atoms with Gasteiger partial charge < -0.3 is 11.1 Å². The van der Waals surface area contributed by atoms with Crippen molar-refractivity contribution in [3.63, 3.8) is 0 Å². The van der Waals surface area contributed by atoms with Gasteiger partial charge in [-0.3, -0.25) is 0 Å². The highest BCUT2D eigenvalue weighted by Gasteiger charge is 2.17. The summed E-state index contributed by atoms with van der Waals surface area (Å²) in [4.78, 5) is 4.69. The second-order valence-electron chi connectivity index (χ2n) is 5.71. The molecule has 0 spiro atoms. The minimum absolute atomic E-state index is 0.0599. The molecule has 2 aromatic rings. The molecule has 104 valence electrons. The topological polar surface area (TPSA) is 50.9 Å². The van der Waals surface area contributed by atoms with Crippen LogP contribution in [0.3, 0.4) is 0 Å². The number of rotatable bonds is 3. The van der Waals surface area contributed by atoms with Gasteiger partial charge in [0.05, 0.1) is 0 Å². The number of nitrogens with one attached hydrogen (secondary N) is 1. The predicted octanol–water partition coefficient (Wildman–Crippen LogP) is 3.76. The second kappa shape index (κ2) is 5.59. The summed E-state index contributed by atoms with van der Waals surface area (Å²) in [5, 5.41) is 3.35. The number of nitrogens with zero attached hydrogens (tertiary/aromatic N) is 1. The van der Waals surface area contributed by atoms with Crippen LogP contribution in [0.4, 0.5) is 11.5 Å². The van der Waals surface area contributed by atoms with Gasteiger partial charge in [0.1, 0.15) is 10.8 Å². The smallest absolute Gasteiger partial charge is 0.130 e. The van der Waals surface area contributed by atoms with E-state index in [4.69, 9.17) is 18.0 Å². The number of thiocarbonyl (C=S) groups is 1. The van der Waals surface area contributed by atoms with Crippen molar-refractivity contribution >= 4 is 28.7 Å². The van der Waals surface area contributed by atoms with Gasteiger partial charge in [-0.1, -0.05) is 51.2 Å². The van der Waals surface area contributed by atoms with E-state index in [1.807, 2.05) is 24.3 Å². The summed E-state index contributed by atoms with van der Waals surface area (Å²) >= 11 is 4.99. The maximum absolute atomic E-state index is 5.65. The van der Waals surface area contributed by atoms with Crippen molar-refractivity contribution in [2.45, 2.75) is 26.2 Å². The highest BCUT2D eigenvalue weighted by molar-refractivity contribution is 7.80. The molecule has 0 atom stereocenters. The first-order valence-electron chi connectivity index (χ1n) is 6.50. The quantitative estimate of drug-likeness (QED) is 0.843. The Hall–Kier alpha value is -1.94. The molecule has 0 aliphatic rings. The first-order valence-corrected chi connectivity index (χ1v) is 6.91. The van der Waals surface area contributed by atoms with E-state index in [0.717, 1.165) is 17.1 Å². The third-order valence-electron chi connectivity index (χ3n) is 3.04. The molecule has 0 saturated carbocycles. The van der Waals surface area contributed by atoms with E-state index in [2.05, 4.69) is 43.2 Å². The van der Waals surface area contributed by atoms with Crippen LogP contribution in [0.15, 0.2) is 42.6 Å². The summed E-state index contributed by atoms with van der Waals surface area (Å²) in [5.41, 5.74) is 8.81. The van der Waals surface area contributed by atoms with Crippen molar-refractivity contribution in [1.82, 2.24) is 4.98 Å². The maximum Gasteiger partial charge on any atom is 0.130 e. The van der Waals surface area contributed by atoms with Crippen molar-refractivity contribution in [1.29, 1.82) is 0 Å². The average molecular weight is 285 g/mol. The molecule has 3 N–H and O–H groups in total. The molecule has 3 nitrogen and oxygen atoms in total. The van der Waals surface area contributed by atoms with Gasteiger partial charge in [0, 0.05) is 17.4 Å². The molecule has 1 aromatic heterocycles. The summed E-state index contributed by atoms with van der Waals surface area (Å²) in [5.74, 6) is 0.743. The maximum atomic E-state index is 5.65. The van der Waals surface area contributed by atoms with Crippen LogP contribution < -0.4 is 11.1 Å². The molecular formula is C16H19N3S. The van der Waals surface area contributed by atoms with Crippen LogP contribution in [0, 0.1) is 0 Å². The van der Waals surface area contributed by atoms with Crippen LogP contribution in [0.5, 0.6) is 0 Å². The Morgan fingerprint density at radius 3 is 2.55 bits per heavy atom. The molecular weight excluding hydrogens is 266 g/mol. The normalized spacial score (nSPS) is 11.2. The summed E-state index contributed by atoms with van der Waals surface area (Å²) in [6.07, 6.45) is 1.70. The molecule has 0 bridgehead atoms. The molecule has 4 heteroatoms. The van der Waals surface area contributed by atoms with Crippen LogP contribution in [-0.4, -0.2) is 9.97 Å². The van der Waals surface area contributed by atoms with Gasteiger partial charge in [-0.2, -0.15) is 0 Å². The Kier molecular flexibility index (Phi) is 4.04. The van der Waals surface area contributed by atoms with E-state index in [0.29, 0.717) is 4.99 Å². The van der Waals surface area contributed by atoms with Crippen molar-refractivity contribution in [3.05, 3.63) is 53.7 Å². The zero-order valence-electron chi connectivity index (χ0n) is 12.0. The molecule has 20 heavy (non-hydrogen) atoms. The van der Waals surface area contributed by atoms with E-state index < -0.39 is 0 Å². The lowest BCUT2D eigenvalue weighted by Gasteiger charge is -2.23. The molecule has 0 fully saturated rings. The third kappa shape index (κ3) is 3.33. The first kappa shape index (κ1) is 14.5. The number of pyridine rings is 1. The predicted molar refractivity (Wildman–Crippen MR) is 88.5 cm³/mol. The number of para-hydroxylation sites is 1. The Labute approximate surface area is 125 Å². The first-order chi connectivity index (χ1) is 9.38. The summed E-state index contributed by atoms with van der Waals surface area (Å²) in [7, 11) is 0. The lowest BCUT2D eigenvalue weighted by atomic mass is 9.86. The van der Waals surface area contributed by atoms with Gasteiger partial charge in [0.2, 0.25) is 0 Å². The molecule has 0 aliphatic carbocycles. The lowest BCUT2D eigenvalue weighted by molar-refractivity contribution is 0.592. The third-order valence-corrected chi connectivity index (χ3v) is 3.28. The molecule has 1 heterocycles. The van der Waals surface area contributed by atoms with Crippen molar-refractivity contribution in [3.8, 4) is 0 Å². The SMILES string of the molecule is CC(C)(C)c1ccccc1Nc1cc(C(N)=S)ccn1. The lowest BCUT2D eigenvalue weighted by Crippen LogP contribution is -2.14. The number of nitrogens with two attached hydrogens (primary N) is 1. The van der Waals surface area contributed by atoms with Crippen molar-refractivity contribution in [2.75, 3.05) is 5.32 Å². The highest BCUT2D eigenvalue weighted by atomic mass is 32.1. The summed E-state index contributed by atoms with van der Waals surface area (Å²) in [6, 6.07) is 11.9. The minimum Gasteiger partial charge on any atom is -0.389 e. The Balaban J connectivity index is 2.36. The van der Waals surface area contributed by atoms with Crippen LogP contribution >= 0.6 is 12.2 Å². The fraction of sp³-hybridized carbons (Fsp3) is 0.250. The number of benzene rings is 1. The molecule has 0 saturated heterocycles. The van der Waals surface area contributed by atoms with Crippen molar-refractivity contribution in [2.24, 2.45) is 5.73 Å². The van der Waals surface area contributed by atoms with E-state index in [1.54, 1.807) is 6.20 Å². The van der Waals surface area contributed by atoms with E-state index in [-0.39, 0.29) is 5.41 Å². The molecule has 0 unspecified atom stereocenters. The van der Waals surface area contributed by atoms with Crippen LogP contribution in [0.25, 0.3) is 0 Å². The standard InChI is InChI=1S/C16H19N3S/c1-16(2,3)12-6-4-5-7-13(12)19-14-10-11(15(17)20)8-9-18-14/h4-10H,1-3H3,(H2,17,20)(H,18,19). The number of hydrogen-bond acceptors (Lipinski definition) is 3. The van der Waals surface area contributed by atoms with Crippen molar-refractivity contribution < 1.29 is 0 Å². The van der Waals surface area contributed by atoms with Gasteiger partial charge in [0.15, 0.2) is 0 Å². The van der Waals surface area contributed by atoms with Crippen LogP contribution in [0.2, 0.25) is 0 Å². The zero-order valence-corrected chi connectivity index (χ0v) is 12.8. The van der Waals surface area contributed by atoms with Gasteiger partial charge in [-0.15, -0.1) is 0 Å². The van der Waals surface area contributed by atoms with Gasteiger partial charge in [-0.05, 0) is 29.2 Å². The molecule has 1 aromatic carbocycles. The van der Waals surface area contributed by atoms with E-state index in [1.165, 1.54) is 5.56 Å². The Morgan fingerprint density at radius 1 is 1.20 bits per heavy atom. The number of hydrogen-bond donors (Lipinski definition) is 2. The largest absolute Gasteiger partial charge is 0.389 e. The molecule has 0 amide bonds. The second-order valence-corrected chi connectivity index (χ2v) is 6.15. The fourth-order valence-corrected chi connectivity index (χ4v) is 2.16. The summed E-state index contributed by atoms with van der Waals surface area (Å²) in [6.45, 7) is 6.56. The number of aromatic nitrogens is 1. The van der Waals surface area contributed by atoms with Gasteiger partial charge in [-0.25, -0.2) is 4.98 Å². The Bertz CT molecular complexity index is 630. The molecule has 2 rings (SSSR count). The van der Waals surface area contributed by atoms with Gasteiger partial charge >= 0.3 is 0 Å². The summed E-state index contributed by atoms with van der Waals surface area (Å²) < 4.78 is 0. The van der Waals surface area contributed by atoms with Crippen LogP contribution in [0.1, 0.15) is 31.9 Å². The van der Waals surface area contributed by atoms with E-state index in [9.17, 15) is 0 Å². The minimum atomic E-state index is 0.0599. The average Bonchev–Trinajstić information content (AvgIpc) is 2.38. The zero-order chi connectivity index (χ0) is 14.8. The molecule has 0 radical (unpaired) electrons. The van der Waals surface area contributed by atoms with Crippen LogP contribution in [-0.2, 0) is 5.41 Å². The monoisotopic (exact) mass is 285 g/mol. The Morgan fingerprint density at radius 2 is 1.90 bits per heavy atom.